The molecule has 6 rings (SSSR count). The van der Waals surface area contributed by atoms with Crippen molar-refractivity contribution in [2.45, 2.75) is 53.0 Å². The Hall–Kier alpha value is -3.00. The summed E-state index contributed by atoms with van der Waals surface area (Å²) in [5.74, 6) is 2.88. The number of rotatable bonds is 4. The molecule has 5 heterocycles. The van der Waals surface area contributed by atoms with Crippen molar-refractivity contribution in [3.8, 4) is 11.6 Å². The Kier molecular flexibility index (Phi) is 4.24. The van der Waals surface area contributed by atoms with Gasteiger partial charge in [0.15, 0.2) is 11.4 Å². The molecule has 0 spiro atoms. The molecule has 0 bridgehead atoms. The molecule has 0 unspecified atom stereocenters. The lowest BCUT2D eigenvalue weighted by molar-refractivity contribution is 0.451. The molecular weight excluding hydrogens is 408 g/mol. The first-order valence-corrected chi connectivity index (χ1v) is 11.7. The summed E-state index contributed by atoms with van der Waals surface area (Å²) in [6.07, 6.45) is 6.52. The van der Waals surface area contributed by atoms with Gasteiger partial charge in [-0.25, -0.2) is 14.5 Å². The summed E-state index contributed by atoms with van der Waals surface area (Å²) in [6, 6.07) is 5.98. The fourth-order valence-electron chi connectivity index (χ4n) is 4.66. The highest BCUT2D eigenvalue weighted by molar-refractivity contribution is 7.19. The van der Waals surface area contributed by atoms with Crippen LogP contribution in [-0.4, -0.2) is 29.4 Å². The van der Waals surface area contributed by atoms with E-state index in [0.29, 0.717) is 18.1 Å². The van der Waals surface area contributed by atoms with E-state index in [2.05, 4.69) is 35.1 Å². The molecule has 0 aliphatic heterocycles. The van der Waals surface area contributed by atoms with Gasteiger partial charge in [-0.3, -0.25) is 4.68 Å². The van der Waals surface area contributed by atoms with Crippen molar-refractivity contribution in [2.24, 2.45) is 5.92 Å². The van der Waals surface area contributed by atoms with Gasteiger partial charge in [0, 0.05) is 10.6 Å². The van der Waals surface area contributed by atoms with Crippen LogP contribution in [0.1, 0.15) is 47.4 Å². The summed E-state index contributed by atoms with van der Waals surface area (Å²) < 4.78 is 9.82. The fraction of sp³-hybridized carbons (Fsp3) is 0.391. The minimum absolute atomic E-state index is 0.593. The molecule has 0 aromatic carbocycles. The number of aryl methyl sites for hydroxylation is 3. The van der Waals surface area contributed by atoms with E-state index in [4.69, 9.17) is 9.40 Å². The van der Waals surface area contributed by atoms with Crippen LogP contribution in [0.4, 0.5) is 0 Å². The highest BCUT2D eigenvalue weighted by atomic mass is 32.1. The van der Waals surface area contributed by atoms with E-state index in [1.54, 1.807) is 10.8 Å². The lowest BCUT2D eigenvalue weighted by atomic mass is 9.86. The van der Waals surface area contributed by atoms with Crippen molar-refractivity contribution >= 4 is 27.2 Å². The molecule has 0 N–H and O–H groups in total. The van der Waals surface area contributed by atoms with E-state index in [9.17, 15) is 0 Å². The van der Waals surface area contributed by atoms with Gasteiger partial charge in [0.2, 0.25) is 5.82 Å². The minimum Gasteiger partial charge on any atom is -0.456 e. The molecule has 1 atom stereocenters. The van der Waals surface area contributed by atoms with E-state index in [0.717, 1.165) is 46.4 Å². The second-order valence-corrected chi connectivity index (χ2v) is 9.58. The van der Waals surface area contributed by atoms with Gasteiger partial charge in [0.05, 0.1) is 17.6 Å². The zero-order valence-corrected chi connectivity index (χ0v) is 18.7. The number of furan rings is 1. The van der Waals surface area contributed by atoms with Gasteiger partial charge in [0.1, 0.15) is 16.9 Å². The molecule has 0 amide bonds. The Morgan fingerprint density at radius 2 is 2.13 bits per heavy atom. The first-order valence-electron chi connectivity index (χ1n) is 10.8. The van der Waals surface area contributed by atoms with E-state index in [1.807, 2.05) is 35.1 Å². The van der Waals surface area contributed by atoms with Crippen LogP contribution in [0.15, 0.2) is 28.9 Å². The van der Waals surface area contributed by atoms with E-state index in [1.165, 1.54) is 28.7 Å². The van der Waals surface area contributed by atoms with Crippen LogP contribution in [0.3, 0.4) is 0 Å². The second kappa shape index (κ2) is 7.02. The highest BCUT2D eigenvalue weighted by Gasteiger charge is 2.25. The summed E-state index contributed by atoms with van der Waals surface area (Å²) in [6.45, 7) is 6.93. The van der Waals surface area contributed by atoms with Crippen LogP contribution in [-0.2, 0) is 19.4 Å². The quantitative estimate of drug-likeness (QED) is 0.401. The van der Waals surface area contributed by atoms with Crippen LogP contribution >= 0.6 is 11.3 Å². The molecule has 0 saturated heterocycles. The number of hydrogen-bond donors (Lipinski definition) is 0. The molecule has 0 fully saturated rings. The summed E-state index contributed by atoms with van der Waals surface area (Å²) in [7, 11) is 0. The van der Waals surface area contributed by atoms with E-state index >= 15 is 0 Å². The molecule has 1 aliphatic rings. The smallest absolute Gasteiger partial charge is 0.217 e. The Morgan fingerprint density at radius 1 is 1.23 bits per heavy atom. The lowest BCUT2D eigenvalue weighted by Crippen LogP contribution is -2.11. The predicted molar refractivity (Wildman–Crippen MR) is 120 cm³/mol. The van der Waals surface area contributed by atoms with Crippen molar-refractivity contribution in [1.82, 2.24) is 29.4 Å². The third kappa shape index (κ3) is 3.08. The molecule has 31 heavy (non-hydrogen) atoms. The van der Waals surface area contributed by atoms with Crippen molar-refractivity contribution in [3.05, 3.63) is 52.1 Å². The zero-order valence-electron chi connectivity index (χ0n) is 17.9. The van der Waals surface area contributed by atoms with Gasteiger partial charge in [-0.2, -0.15) is 5.10 Å². The van der Waals surface area contributed by atoms with Crippen molar-refractivity contribution in [2.75, 3.05) is 0 Å². The molecule has 158 valence electrons. The fourth-order valence-corrected chi connectivity index (χ4v) is 5.96. The number of fused-ring (bicyclic) bond motifs is 5. The van der Waals surface area contributed by atoms with Crippen molar-refractivity contribution in [1.29, 1.82) is 0 Å². The summed E-state index contributed by atoms with van der Waals surface area (Å²) in [5, 5.41) is 10.4. The Balaban J connectivity index is 1.38. The number of hydrogen-bond acceptors (Lipinski definition) is 6. The SMILES string of the molecule is CC[C@H]1CCc2c(sc3ncn4nc(-c5ccc(Cn6nc(C)cc6C)o5)nc4c23)C1. The monoisotopic (exact) mass is 432 g/mol. The summed E-state index contributed by atoms with van der Waals surface area (Å²) in [4.78, 5) is 12.1. The lowest BCUT2D eigenvalue weighted by Gasteiger charge is -2.20. The third-order valence-corrected chi connectivity index (χ3v) is 7.52. The van der Waals surface area contributed by atoms with Gasteiger partial charge < -0.3 is 4.42 Å². The van der Waals surface area contributed by atoms with Crippen LogP contribution in [0, 0.1) is 19.8 Å². The highest BCUT2D eigenvalue weighted by Crippen LogP contribution is 2.39. The van der Waals surface area contributed by atoms with Crippen molar-refractivity contribution in [3.63, 3.8) is 0 Å². The number of thiophene rings is 1. The van der Waals surface area contributed by atoms with Gasteiger partial charge >= 0.3 is 0 Å². The second-order valence-electron chi connectivity index (χ2n) is 8.50. The minimum atomic E-state index is 0.593. The summed E-state index contributed by atoms with van der Waals surface area (Å²) >= 11 is 1.82. The summed E-state index contributed by atoms with van der Waals surface area (Å²) in [5.41, 5.74) is 4.42. The van der Waals surface area contributed by atoms with E-state index in [-0.39, 0.29) is 0 Å². The Morgan fingerprint density at radius 3 is 2.94 bits per heavy atom. The molecule has 1 aliphatic carbocycles. The number of aromatic nitrogens is 6. The average molecular weight is 433 g/mol. The molecule has 7 nitrogen and oxygen atoms in total. The maximum Gasteiger partial charge on any atom is 0.217 e. The first-order chi connectivity index (χ1) is 15.1. The Labute approximate surface area is 183 Å². The molecule has 0 saturated carbocycles. The van der Waals surface area contributed by atoms with Gasteiger partial charge in [0.25, 0.3) is 0 Å². The largest absolute Gasteiger partial charge is 0.456 e. The molecule has 5 aromatic rings. The van der Waals surface area contributed by atoms with Crippen LogP contribution in [0.25, 0.3) is 27.4 Å². The predicted octanol–water partition coefficient (Wildman–Crippen LogP) is 4.98. The Bertz CT molecular complexity index is 1420. The average Bonchev–Trinajstić information content (AvgIpc) is 3.52. The van der Waals surface area contributed by atoms with E-state index < -0.39 is 0 Å². The maximum absolute atomic E-state index is 6.09. The molecule has 0 radical (unpaired) electrons. The first kappa shape index (κ1) is 18.7. The van der Waals surface area contributed by atoms with Crippen LogP contribution in [0.2, 0.25) is 0 Å². The molecular formula is C23H24N6OS. The third-order valence-electron chi connectivity index (χ3n) is 6.36. The van der Waals surface area contributed by atoms with Gasteiger partial charge in [-0.15, -0.1) is 16.4 Å². The topological polar surface area (TPSA) is 74.0 Å². The standard InChI is InChI=1S/C23H24N6OS/c1-4-15-5-7-17-19(10-15)31-23-20(17)22-25-21(27-29(22)12-24-23)18-8-6-16(30-18)11-28-14(3)9-13(2)26-28/h6,8-9,12,15H,4-5,7,10-11H2,1-3H3/t15-/m0/s1. The van der Waals surface area contributed by atoms with Crippen LogP contribution in [0.5, 0.6) is 0 Å². The maximum atomic E-state index is 6.09. The zero-order chi connectivity index (χ0) is 21.1. The molecule has 5 aromatic heterocycles. The molecule has 8 heteroatoms. The van der Waals surface area contributed by atoms with Gasteiger partial charge in [-0.1, -0.05) is 13.3 Å². The van der Waals surface area contributed by atoms with Crippen LogP contribution < -0.4 is 0 Å². The number of nitrogens with zero attached hydrogens (tertiary/aromatic N) is 6. The van der Waals surface area contributed by atoms with Gasteiger partial charge in [-0.05, 0) is 62.8 Å². The normalized spacial score (nSPS) is 16.4. The van der Waals surface area contributed by atoms with Crippen molar-refractivity contribution < 1.29 is 4.42 Å².